The number of carbonyl (C=O) groups excluding carboxylic acids is 1. The Labute approximate surface area is 131 Å². The van der Waals surface area contributed by atoms with Crippen molar-refractivity contribution in [3.63, 3.8) is 0 Å². The van der Waals surface area contributed by atoms with Crippen LogP contribution in [0.5, 0.6) is 5.75 Å². The van der Waals surface area contributed by atoms with Crippen LogP contribution in [0.25, 0.3) is 0 Å². The van der Waals surface area contributed by atoms with Gasteiger partial charge in [0.25, 0.3) is 0 Å². The average molecular weight is 304 g/mol. The topological polar surface area (TPSA) is 48.1 Å². The summed E-state index contributed by atoms with van der Waals surface area (Å²) in [4.78, 5) is 16.5. The number of ether oxygens (including phenoxy) is 1. The summed E-state index contributed by atoms with van der Waals surface area (Å²) >= 11 is 0. The van der Waals surface area contributed by atoms with Gasteiger partial charge in [-0.25, -0.2) is 9.80 Å². The molecule has 0 saturated carbocycles. The summed E-state index contributed by atoms with van der Waals surface area (Å²) in [6, 6.07) is 5.92. The van der Waals surface area contributed by atoms with Gasteiger partial charge >= 0.3 is 6.09 Å². The zero-order chi connectivity index (χ0) is 16.1. The summed E-state index contributed by atoms with van der Waals surface area (Å²) < 4.78 is 5.38. The molecule has 2 heterocycles. The molecule has 2 aliphatic heterocycles. The molecule has 0 spiro atoms. The highest BCUT2D eigenvalue weighted by Gasteiger charge is 2.52. The van der Waals surface area contributed by atoms with Gasteiger partial charge in [-0.3, -0.25) is 10.3 Å². The zero-order valence-corrected chi connectivity index (χ0v) is 13.9. The van der Waals surface area contributed by atoms with Gasteiger partial charge in [0.1, 0.15) is 5.75 Å². The normalized spacial score (nSPS) is 27.0. The molecule has 1 fully saturated rings. The molecule has 6 nitrogen and oxygen atoms in total. The van der Waals surface area contributed by atoms with Gasteiger partial charge in [0.05, 0.1) is 6.17 Å². The summed E-state index contributed by atoms with van der Waals surface area (Å²) in [5, 5.41) is 1.56. The first-order valence-corrected chi connectivity index (χ1v) is 7.56. The van der Waals surface area contributed by atoms with Crippen molar-refractivity contribution in [2.45, 2.75) is 24.9 Å². The van der Waals surface area contributed by atoms with Crippen molar-refractivity contribution >= 4 is 11.8 Å². The minimum Gasteiger partial charge on any atom is -0.409 e. The average Bonchev–Trinajstić information content (AvgIpc) is 2.84. The molecule has 1 aromatic carbocycles. The smallest absolute Gasteiger partial charge is 0.409 e. The van der Waals surface area contributed by atoms with E-state index in [0.29, 0.717) is 11.9 Å². The highest BCUT2D eigenvalue weighted by molar-refractivity contribution is 5.72. The molecule has 22 heavy (non-hydrogen) atoms. The number of nitrogens with one attached hydrogen (secondary N) is 1. The Morgan fingerprint density at radius 3 is 2.82 bits per heavy atom. The van der Waals surface area contributed by atoms with Crippen molar-refractivity contribution in [3.05, 3.63) is 23.8 Å². The van der Waals surface area contributed by atoms with Crippen LogP contribution in [0.2, 0.25) is 0 Å². The Hall–Kier alpha value is -1.79. The highest BCUT2D eigenvalue weighted by atomic mass is 16.6. The number of hydrogen-bond acceptors (Lipinski definition) is 5. The van der Waals surface area contributed by atoms with E-state index in [1.54, 1.807) is 19.1 Å². The lowest BCUT2D eigenvalue weighted by Gasteiger charge is -2.32. The van der Waals surface area contributed by atoms with Crippen LogP contribution in [0, 0.1) is 0 Å². The van der Waals surface area contributed by atoms with Crippen molar-refractivity contribution in [3.8, 4) is 5.75 Å². The number of nitrogens with zero attached hydrogens (tertiary/aromatic N) is 3. The first kappa shape index (κ1) is 15.1. The lowest BCUT2D eigenvalue weighted by Crippen LogP contribution is -2.45. The summed E-state index contributed by atoms with van der Waals surface area (Å²) in [6.07, 6.45) is 1.01. The van der Waals surface area contributed by atoms with Crippen LogP contribution in [-0.4, -0.2) is 56.9 Å². The van der Waals surface area contributed by atoms with E-state index in [0.717, 1.165) is 13.0 Å². The number of likely N-dealkylation sites (tertiary alicyclic amines) is 1. The molecule has 6 heteroatoms. The SMILES string of the molecule is CN(C)NC(=O)Oc1ccc2c(c1)[C@]1(C)CCN(C)[C@@H]1N2C. The van der Waals surface area contributed by atoms with Crippen LogP contribution >= 0.6 is 0 Å². The Bertz CT molecular complexity index is 604. The van der Waals surface area contributed by atoms with Gasteiger partial charge < -0.3 is 9.64 Å². The van der Waals surface area contributed by atoms with Gasteiger partial charge in [-0.1, -0.05) is 6.92 Å². The fourth-order valence-corrected chi connectivity index (χ4v) is 3.93. The molecule has 0 bridgehead atoms. The second-order valence-corrected chi connectivity index (χ2v) is 6.71. The maximum absolute atomic E-state index is 11.8. The first-order valence-electron chi connectivity index (χ1n) is 7.56. The van der Waals surface area contributed by atoms with Crippen molar-refractivity contribution in [1.82, 2.24) is 15.3 Å². The van der Waals surface area contributed by atoms with Gasteiger partial charge in [0, 0.05) is 38.8 Å². The molecular formula is C16H24N4O2. The summed E-state index contributed by atoms with van der Waals surface area (Å²) in [5.74, 6) is 0.586. The third kappa shape index (κ3) is 2.23. The number of hydrogen-bond donors (Lipinski definition) is 1. The fourth-order valence-electron chi connectivity index (χ4n) is 3.93. The second-order valence-electron chi connectivity index (χ2n) is 6.71. The lowest BCUT2D eigenvalue weighted by atomic mass is 9.81. The number of carbonyl (C=O) groups is 1. The summed E-state index contributed by atoms with van der Waals surface area (Å²) in [6.45, 7) is 3.38. The van der Waals surface area contributed by atoms with E-state index >= 15 is 0 Å². The molecule has 1 amide bonds. The van der Waals surface area contributed by atoms with Crippen LogP contribution in [0.1, 0.15) is 18.9 Å². The summed E-state index contributed by atoms with van der Waals surface area (Å²) in [5.41, 5.74) is 5.15. The Morgan fingerprint density at radius 2 is 2.14 bits per heavy atom. The Balaban J connectivity index is 1.89. The predicted molar refractivity (Wildman–Crippen MR) is 86.1 cm³/mol. The third-order valence-corrected chi connectivity index (χ3v) is 4.83. The van der Waals surface area contributed by atoms with Crippen molar-refractivity contribution < 1.29 is 9.53 Å². The fraction of sp³-hybridized carbons (Fsp3) is 0.562. The summed E-state index contributed by atoms with van der Waals surface area (Å²) in [7, 11) is 7.80. The minimum absolute atomic E-state index is 0.0796. The molecule has 2 atom stereocenters. The maximum Gasteiger partial charge on any atom is 0.427 e. The lowest BCUT2D eigenvalue weighted by molar-refractivity contribution is 0.171. The monoisotopic (exact) mass is 304 g/mol. The molecule has 2 aliphatic rings. The van der Waals surface area contributed by atoms with E-state index in [1.807, 2.05) is 18.2 Å². The number of amides is 1. The molecular weight excluding hydrogens is 280 g/mol. The number of benzene rings is 1. The Morgan fingerprint density at radius 1 is 1.41 bits per heavy atom. The van der Waals surface area contributed by atoms with Gasteiger partial charge in [-0.2, -0.15) is 0 Å². The predicted octanol–water partition coefficient (Wildman–Crippen LogP) is 1.62. The molecule has 1 N–H and O–H groups in total. The maximum atomic E-state index is 11.8. The van der Waals surface area contributed by atoms with Crippen LogP contribution in [0.3, 0.4) is 0 Å². The highest BCUT2D eigenvalue weighted by Crippen LogP contribution is 2.51. The number of anilines is 1. The van der Waals surface area contributed by atoms with Crippen LogP contribution in [-0.2, 0) is 5.41 Å². The van der Waals surface area contributed by atoms with Crippen LogP contribution < -0.4 is 15.1 Å². The van der Waals surface area contributed by atoms with Crippen molar-refractivity contribution in [2.75, 3.05) is 39.6 Å². The molecule has 0 radical (unpaired) electrons. The van der Waals surface area contributed by atoms with Crippen LogP contribution in [0.4, 0.5) is 10.5 Å². The largest absolute Gasteiger partial charge is 0.427 e. The Kier molecular flexibility index (Phi) is 3.53. The van der Waals surface area contributed by atoms with E-state index in [-0.39, 0.29) is 5.41 Å². The van der Waals surface area contributed by atoms with E-state index in [2.05, 4.69) is 36.2 Å². The second kappa shape index (κ2) is 5.14. The molecule has 1 aromatic rings. The van der Waals surface area contributed by atoms with Gasteiger partial charge in [0.2, 0.25) is 0 Å². The van der Waals surface area contributed by atoms with Crippen molar-refractivity contribution in [2.24, 2.45) is 0 Å². The van der Waals surface area contributed by atoms with Gasteiger partial charge in [0.15, 0.2) is 0 Å². The number of rotatable bonds is 2. The van der Waals surface area contributed by atoms with E-state index < -0.39 is 6.09 Å². The minimum atomic E-state index is -0.471. The molecule has 0 aromatic heterocycles. The number of fused-ring (bicyclic) bond motifs is 3. The molecule has 3 rings (SSSR count). The molecule has 0 unspecified atom stereocenters. The molecule has 0 aliphatic carbocycles. The van der Waals surface area contributed by atoms with Crippen LogP contribution in [0.15, 0.2) is 18.2 Å². The van der Waals surface area contributed by atoms with Crippen molar-refractivity contribution in [1.29, 1.82) is 0 Å². The van der Waals surface area contributed by atoms with E-state index in [4.69, 9.17) is 4.74 Å². The standard InChI is InChI=1S/C16H24N4O2/c1-16-8-9-19(4)14(16)20(5)13-7-6-11(10-12(13)16)22-15(21)17-18(2)3/h6-7,10,14H,8-9H2,1-5H3,(H,17,21)/t14-,16+/m1/s1. The quantitative estimate of drug-likeness (QED) is 0.842. The first-order chi connectivity index (χ1) is 10.3. The van der Waals surface area contributed by atoms with E-state index in [9.17, 15) is 4.79 Å². The number of hydrazine groups is 1. The molecule has 120 valence electrons. The number of likely N-dealkylation sites (N-methyl/N-ethyl adjacent to an activating group) is 2. The van der Waals surface area contributed by atoms with E-state index in [1.165, 1.54) is 11.3 Å². The molecule has 1 saturated heterocycles. The zero-order valence-electron chi connectivity index (χ0n) is 13.9. The third-order valence-electron chi connectivity index (χ3n) is 4.83. The van der Waals surface area contributed by atoms with Gasteiger partial charge in [-0.15, -0.1) is 0 Å². The van der Waals surface area contributed by atoms with Gasteiger partial charge in [-0.05, 0) is 37.2 Å².